The van der Waals surface area contributed by atoms with Gasteiger partial charge in [0.15, 0.2) is 0 Å². The van der Waals surface area contributed by atoms with Gasteiger partial charge < -0.3 is 5.32 Å². The maximum atomic E-state index is 14.0. The molecule has 1 aliphatic rings. The molecule has 1 N–H and O–H groups in total. The van der Waals surface area contributed by atoms with Crippen molar-refractivity contribution in [2.75, 3.05) is 7.05 Å². The number of hydrogen-bond donors (Lipinski definition) is 1. The topological polar surface area (TPSA) is 12.0 Å². The first kappa shape index (κ1) is 12.3. The first-order valence-electron chi connectivity index (χ1n) is 5.37. The Balaban J connectivity index is 2.35. The van der Waals surface area contributed by atoms with E-state index in [9.17, 15) is 4.39 Å². The van der Waals surface area contributed by atoms with E-state index < -0.39 is 0 Å². The van der Waals surface area contributed by atoms with Crippen molar-refractivity contribution in [2.24, 2.45) is 11.8 Å². The second-order valence-electron chi connectivity index (χ2n) is 4.41. The molecule has 4 heteroatoms. The number of hydrogen-bond acceptors (Lipinski definition) is 1. The van der Waals surface area contributed by atoms with Gasteiger partial charge in [-0.2, -0.15) is 0 Å². The summed E-state index contributed by atoms with van der Waals surface area (Å²) < 4.78 is 14.6. The molecule has 1 aromatic rings. The fourth-order valence-electron chi connectivity index (χ4n) is 2.20. The summed E-state index contributed by atoms with van der Waals surface area (Å²) in [5.74, 6) is 0.880. The molecule has 3 atom stereocenters. The van der Waals surface area contributed by atoms with Crippen LogP contribution in [0.15, 0.2) is 16.6 Å². The molecule has 88 valence electrons. The molecule has 0 aliphatic heterocycles. The molecule has 1 aliphatic carbocycles. The molecule has 0 spiro atoms. The van der Waals surface area contributed by atoms with Crippen molar-refractivity contribution in [3.8, 4) is 0 Å². The predicted octanol–water partition coefficient (Wildman–Crippen LogP) is 4.16. The maximum absolute atomic E-state index is 14.0. The Bertz CT molecular complexity index is 410. The van der Waals surface area contributed by atoms with Gasteiger partial charge in [0.25, 0.3) is 0 Å². The van der Waals surface area contributed by atoms with Crippen LogP contribution in [0, 0.1) is 17.7 Å². The summed E-state index contributed by atoms with van der Waals surface area (Å²) in [5.41, 5.74) is 0.671. The lowest BCUT2D eigenvalue weighted by Gasteiger charge is -2.18. The SMILES string of the molecule is CNC(c1ccc(Br)c(Cl)c1F)C1CC1C. The molecule has 16 heavy (non-hydrogen) atoms. The molecular weight excluding hydrogens is 292 g/mol. The van der Waals surface area contributed by atoms with E-state index in [0.717, 1.165) is 6.42 Å². The second-order valence-corrected chi connectivity index (χ2v) is 5.64. The summed E-state index contributed by atoms with van der Waals surface area (Å²) in [5, 5.41) is 3.36. The van der Waals surface area contributed by atoms with Crippen LogP contribution in [0.3, 0.4) is 0 Å². The van der Waals surface area contributed by atoms with Crippen LogP contribution in [0.1, 0.15) is 24.9 Å². The Hall–Kier alpha value is -0.120. The molecule has 3 unspecified atom stereocenters. The highest BCUT2D eigenvalue weighted by Crippen LogP contribution is 2.48. The number of benzene rings is 1. The molecule has 0 saturated heterocycles. The van der Waals surface area contributed by atoms with Crippen molar-refractivity contribution in [1.82, 2.24) is 5.32 Å². The van der Waals surface area contributed by atoms with Crippen LogP contribution in [-0.2, 0) is 0 Å². The number of nitrogens with one attached hydrogen (secondary N) is 1. The van der Waals surface area contributed by atoms with Gasteiger partial charge in [0.2, 0.25) is 0 Å². The first-order chi connectivity index (χ1) is 7.56. The van der Waals surface area contributed by atoms with Crippen LogP contribution < -0.4 is 5.32 Å². The van der Waals surface area contributed by atoms with E-state index in [2.05, 4.69) is 28.2 Å². The van der Waals surface area contributed by atoms with Crippen LogP contribution in [0.2, 0.25) is 5.02 Å². The molecule has 0 aromatic heterocycles. The summed E-state index contributed by atoms with van der Waals surface area (Å²) in [6, 6.07) is 3.68. The number of halogens is 3. The Morgan fingerprint density at radius 2 is 2.19 bits per heavy atom. The minimum atomic E-state index is -0.311. The molecular formula is C12H14BrClFN. The zero-order valence-electron chi connectivity index (χ0n) is 9.23. The maximum Gasteiger partial charge on any atom is 0.147 e. The molecule has 1 aromatic carbocycles. The van der Waals surface area contributed by atoms with E-state index in [-0.39, 0.29) is 16.9 Å². The van der Waals surface area contributed by atoms with E-state index in [1.54, 1.807) is 12.1 Å². The highest BCUT2D eigenvalue weighted by molar-refractivity contribution is 9.10. The quantitative estimate of drug-likeness (QED) is 0.827. The third-order valence-corrected chi connectivity index (χ3v) is 4.57. The lowest BCUT2D eigenvalue weighted by molar-refractivity contribution is 0.475. The van der Waals surface area contributed by atoms with Crippen LogP contribution in [0.5, 0.6) is 0 Å². The minimum absolute atomic E-state index is 0.0700. The summed E-state index contributed by atoms with van der Waals surface area (Å²) >= 11 is 9.12. The number of rotatable bonds is 3. The van der Waals surface area contributed by atoms with E-state index in [1.165, 1.54) is 0 Å². The smallest absolute Gasteiger partial charge is 0.147 e. The lowest BCUT2D eigenvalue weighted by atomic mass is 10.0. The Morgan fingerprint density at radius 3 is 2.69 bits per heavy atom. The van der Waals surface area contributed by atoms with Gasteiger partial charge >= 0.3 is 0 Å². The molecule has 1 saturated carbocycles. The molecule has 0 bridgehead atoms. The molecule has 1 nitrogen and oxygen atoms in total. The molecule has 2 rings (SSSR count). The van der Waals surface area contributed by atoms with Gasteiger partial charge in [-0.25, -0.2) is 4.39 Å². The summed E-state index contributed by atoms with van der Waals surface area (Å²) in [6.45, 7) is 2.19. The fourth-order valence-corrected chi connectivity index (χ4v) is 2.67. The van der Waals surface area contributed by atoms with E-state index in [0.29, 0.717) is 21.9 Å². The summed E-state index contributed by atoms with van der Waals surface area (Å²) in [4.78, 5) is 0. The van der Waals surface area contributed by atoms with Gasteiger partial charge in [-0.05, 0) is 47.3 Å². The van der Waals surface area contributed by atoms with Crippen LogP contribution >= 0.6 is 27.5 Å². The first-order valence-corrected chi connectivity index (χ1v) is 6.54. The molecule has 0 amide bonds. The molecule has 0 radical (unpaired) electrons. The van der Waals surface area contributed by atoms with Crippen LogP contribution in [-0.4, -0.2) is 7.05 Å². The Kier molecular flexibility index (Phi) is 3.57. The van der Waals surface area contributed by atoms with Crippen molar-refractivity contribution in [3.63, 3.8) is 0 Å². The Morgan fingerprint density at radius 1 is 1.56 bits per heavy atom. The van der Waals surface area contributed by atoms with Gasteiger partial charge in [-0.3, -0.25) is 0 Å². The predicted molar refractivity (Wildman–Crippen MR) is 68.2 cm³/mol. The fraction of sp³-hybridized carbons (Fsp3) is 0.500. The van der Waals surface area contributed by atoms with E-state index in [1.807, 2.05) is 7.05 Å². The van der Waals surface area contributed by atoms with Gasteiger partial charge in [-0.1, -0.05) is 24.6 Å². The minimum Gasteiger partial charge on any atom is -0.313 e. The second kappa shape index (κ2) is 4.63. The van der Waals surface area contributed by atoms with Crippen molar-refractivity contribution in [2.45, 2.75) is 19.4 Å². The summed E-state index contributed by atoms with van der Waals surface area (Å²) in [7, 11) is 1.87. The largest absolute Gasteiger partial charge is 0.313 e. The van der Waals surface area contributed by atoms with E-state index in [4.69, 9.17) is 11.6 Å². The molecule has 1 fully saturated rings. The average molecular weight is 307 g/mol. The van der Waals surface area contributed by atoms with Crippen LogP contribution in [0.4, 0.5) is 4.39 Å². The summed E-state index contributed by atoms with van der Waals surface area (Å²) in [6.07, 6.45) is 1.15. The van der Waals surface area contributed by atoms with Crippen molar-refractivity contribution in [1.29, 1.82) is 0 Å². The van der Waals surface area contributed by atoms with Crippen molar-refractivity contribution in [3.05, 3.63) is 33.0 Å². The highest BCUT2D eigenvalue weighted by Gasteiger charge is 2.40. The van der Waals surface area contributed by atoms with Gasteiger partial charge in [0.1, 0.15) is 5.82 Å². The molecule has 0 heterocycles. The monoisotopic (exact) mass is 305 g/mol. The third-order valence-electron chi connectivity index (χ3n) is 3.31. The van der Waals surface area contributed by atoms with E-state index >= 15 is 0 Å². The lowest BCUT2D eigenvalue weighted by Crippen LogP contribution is -2.20. The zero-order chi connectivity index (χ0) is 11.9. The van der Waals surface area contributed by atoms with Crippen molar-refractivity contribution < 1.29 is 4.39 Å². The van der Waals surface area contributed by atoms with Gasteiger partial charge in [0.05, 0.1) is 5.02 Å². The van der Waals surface area contributed by atoms with Crippen molar-refractivity contribution >= 4 is 27.5 Å². The van der Waals surface area contributed by atoms with Gasteiger partial charge in [-0.15, -0.1) is 0 Å². The van der Waals surface area contributed by atoms with Crippen LogP contribution in [0.25, 0.3) is 0 Å². The van der Waals surface area contributed by atoms with Gasteiger partial charge in [0, 0.05) is 16.1 Å². The Labute approximate surface area is 109 Å². The third kappa shape index (κ3) is 2.13. The zero-order valence-corrected chi connectivity index (χ0v) is 11.6. The normalized spacial score (nSPS) is 25.6. The highest BCUT2D eigenvalue weighted by atomic mass is 79.9. The standard InChI is InChI=1S/C12H14BrClFN/c1-6-5-8(6)12(16-2)7-3-4-9(13)10(14)11(7)15/h3-4,6,8,12,16H,5H2,1-2H3. The average Bonchev–Trinajstić information content (AvgIpc) is 2.97.